The zero-order valence-electron chi connectivity index (χ0n) is 25.6. The normalized spacial score (nSPS) is 17.2. The molecule has 44 heavy (non-hydrogen) atoms. The summed E-state index contributed by atoms with van der Waals surface area (Å²) in [5, 5.41) is 0. The maximum Gasteiger partial charge on any atom is 0.165 e. The molecule has 0 amide bonds. The predicted octanol–water partition coefficient (Wildman–Crippen LogP) is 6.77. The number of aliphatic imine (C=N–C) groups is 1. The number of nitrogens with two attached hydrogens (primary N) is 2. The molecule has 224 valence electrons. The maximum absolute atomic E-state index is 6.64. The number of aromatic nitrogens is 4. The highest BCUT2D eigenvalue weighted by atomic mass is 15.1. The third-order valence-electron chi connectivity index (χ3n) is 9.53. The van der Waals surface area contributed by atoms with Gasteiger partial charge in [-0.25, -0.2) is 15.0 Å². The van der Waals surface area contributed by atoms with Crippen LogP contribution in [0.25, 0.3) is 39.5 Å². The second-order valence-corrected chi connectivity index (χ2v) is 12.2. The summed E-state index contributed by atoms with van der Waals surface area (Å²) < 4.78 is 2.09. The first-order chi connectivity index (χ1) is 21.4. The van der Waals surface area contributed by atoms with Gasteiger partial charge in [0.1, 0.15) is 11.3 Å². The Bertz CT molecular complexity index is 1830. The molecular formula is C36H40N8. The molecule has 5 aromatic rings. The first-order valence-corrected chi connectivity index (χ1v) is 15.8. The highest BCUT2D eigenvalue weighted by Gasteiger charge is 2.34. The Labute approximate surface area is 258 Å². The zero-order chi connectivity index (χ0) is 30.3. The van der Waals surface area contributed by atoms with E-state index in [4.69, 9.17) is 21.4 Å². The minimum absolute atomic E-state index is 0.222. The van der Waals surface area contributed by atoms with Crippen LogP contribution >= 0.6 is 0 Å². The molecule has 2 aliphatic rings. The number of hydrogen-bond donors (Lipinski definition) is 2. The van der Waals surface area contributed by atoms with Crippen LogP contribution in [0.15, 0.2) is 84.0 Å². The third kappa shape index (κ3) is 5.13. The zero-order valence-corrected chi connectivity index (χ0v) is 25.6. The van der Waals surface area contributed by atoms with Crippen LogP contribution in [-0.2, 0) is 5.54 Å². The fourth-order valence-corrected chi connectivity index (χ4v) is 6.73. The molecule has 0 radical (unpaired) electrons. The van der Waals surface area contributed by atoms with Gasteiger partial charge in [-0.05, 0) is 106 Å². The predicted molar refractivity (Wildman–Crippen MR) is 180 cm³/mol. The summed E-state index contributed by atoms with van der Waals surface area (Å²) in [6, 6.07) is 25.2. The van der Waals surface area contributed by atoms with Crippen LogP contribution in [0.4, 0.5) is 11.5 Å². The monoisotopic (exact) mass is 584 g/mol. The SMILES string of the molecule is CCN=C(C)C1CCN(c2cccc(-c3ccc4nc(-c5cccnc5N)n(-c5ccc(C6(N)CCC6)cc5)c4n3)c2)CC1. The summed E-state index contributed by atoms with van der Waals surface area (Å²) in [4.78, 5) is 21.7. The van der Waals surface area contributed by atoms with Gasteiger partial charge in [-0.2, -0.15) is 0 Å². The van der Waals surface area contributed by atoms with Gasteiger partial charge in [-0.3, -0.25) is 9.56 Å². The van der Waals surface area contributed by atoms with Gasteiger partial charge in [0.05, 0.1) is 11.3 Å². The Morgan fingerprint density at radius 3 is 2.45 bits per heavy atom. The second kappa shape index (κ2) is 11.5. The Morgan fingerprint density at radius 2 is 1.75 bits per heavy atom. The highest BCUT2D eigenvalue weighted by Crippen LogP contribution is 2.39. The summed E-state index contributed by atoms with van der Waals surface area (Å²) in [5.74, 6) is 1.73. The lowest BCUT2D eigenvalue weighted by molar-refractivity contribution is 0.253. The van der Waals surface area contributed by atoms with Crippen molar-refractivity contribution in [3.05, 3.63) is 84.6 Å². The Balaban J connectivity index is 1.26. The summed E-state index contributed by atoms with van der Waals surface area (Å²) >= 11 is 0. The molecule has 1 aliphatic heterocycles. The van der Waals surface area contributed by atoms with Crippen LogP contribution in [0.1, 0.15) is 51.5 Å². The lowest BCUT2D eigenvalue weighted by atomic mass is 9.73. The number of benzene rings is 2. The molecule has 1 saturated heterocycles. The number of anilines is 2. The topological polar surface area (TPSA) is 111 Å². The molecule has 0 bridgehead atoms. The van der Waals surface area contributed by atoms with Gasteiger partial charge in [-0.15, -0.1) is 0 Å². The third-order valence-corrected chi connectivity index (χ3v) is 9.53. The highest BCUT2D eigenvalue weighted by molar-refractivity contribution is 5.85. The molecule has 2 aromatic carbocycles. The molecular weight excluding hydrogens is 544 g/mol. The van der Waals surface area contributed by atoms with Gasteiger partial charge >= 0.3 is 0 Å². The maximum atomic E-state index is 6.64. The van der Waals surface area contributed by atoms with Crippen molar-refractivity contribution < 1.29 is 0 Å². The number of piperidine rings is 1. The molecule has 0 atom stereocenters. The Kier molecular flexibility index (Phi) is 7.38. The standard InChI is InChI=1S/C36H40N8/c1-3-39-24(2)25-16-21-43(22-17-25)29-8-4-7-26(23-29)31-14-15-32-35(41-31)44(34(42-32)30-9-5-20-40-33(30)37)28-12-10-27(11-13-28)36(38)18-6-19-36/h4-5,7-15,20,23,25H,3,6,16-19,21-22,38H2,1-2H3,(H2,37,40). The molecule has 0 unspecified atom stereocenters. The van der Waals surface area contributed by atoms with Crippen molar-refractivity contribution in [2.45, 2.75) is 51.5 Å². The average Bonchev–Trinajstić information content (AvgIpc) is 3.43. The van der Waals surface area contributed by atoms with Crippen LogP contribution in [0.3, 0.4) is 0 Å². The van der Waals surface area contributed by atoms with E-state index in [1.165, 1.54) is 23.4 Å². The number of rotatable bonds is 7. The van der Waals surface area contributed by atoms with Crippen molar-refractivity contribution in [3.63, 3.8) is 0 Å². The van der Waals surface area contributed by atoms with Gasteiger partial charge in [0.15, 0.2) is 11.5 Å². The number of hydrogen-bond acceptors (Lipinski definition) is 7. The van der Waals surface area contributed by atoms with E-state index in [0.717, 1.165) is 79.0 Å². The van der Waals surface area contributed by atoms with Crippen LogP contribution in [-0.4, -0.2) is 44.9 Å². The van der Waals surface area contributed by atoms with Gasteiger partial charge in [0.2, 0.25) is 0 Å². The smallest absolute Gasteiger partial charge is 0.165 e. The van der Waals surface area contributed by atoms with Crippen molar-refractivity contribution in [1.29, 1.82) is 0 Å². The van der Waals surface area contributed by atoms with Crippen LogP contribution < -0.4 is 16.4 Å². The van der Waals surface area contributed by atoms with Crippen molar-refractivity contribution >= 4 is 28.4 Å². The fraction of sp³-hybridized carbons (Fsp3) is 0.333. The van der Waals surface area contributed by atoms with E-state index >= 15 is 0 Å². The lowest BCUT2D eigenvalue weighted by Crippen LogP contribution is -2.43. The largest absolute Gasteiger partial charge is 0.383 e. The number of fused-ring (bicyclic) bond motifs is 1. The van der Waals surface area contributed by atoms with E-state index in [-0.39, 0.29) is 5.54 Å². The van der Waals surface area contributed by atoms with E-state index in [1.807, 2.05) is 12.1 Å². The minimum atomic E-state index is -0.222. The number of imidazole rings is 1. The van der Waals surface area contributed by atoms with Crippen LogP contribution in [0.5, 0.6) is 0 Å². The Hall–Kier alpha value is -4.56. The summed E-state index contributed by atoms with van der Waals surface area (Å²) in [6.45, 7) is 7.21. The van der Waals surface area contributed by atoms with Crippen LogP contribution in [0.2, 0.25) is 0 Å². The first-order valence-electron chi connectivity index (χ1n) is 15.8. The summed E-state index contributed by atoms with van der Waals surface area (Å²) in [5.41, 5.74) is 21.8. The molecule has 0 spiro atoms. The second-order valence-electron chi connectivity index (χ2n) is 12.2. The molecule has 1 aliphatic carbocycles. The average molecular weight is 585 g/mol. The summed E-state index contributed by atoms with van der Waals surface area (Å²) in [6.07, 6.45) is 7.18. The first kappa shape index (κ1) is 28.2. The molecule has 7 rings (SSSR count). The number of pyridine rings is 2. The van der Waals surface area contributed by atoms with Crippen LogP contribution in [0, 0.1) is 5.92 Å². The molecule has 1 saturated carbocycles. The summed E-state index contributed by atoms with van der Waals surface area (Å²) in [7, 11) is 0. The molecule has 3 aromatic heterocycles. The van der Waals surface area contributed by atoms with E-state index in [9.17, 15) is 0 Å². The van der Waals surface area contributed by atoms with E-state index in [1.54, 1.807) is 6.20 Å². The molecule has 2 fully saturated rings. The number of nitrogens with zero attached hydrogens (tertiary/aromatic N) is 6. The van der Waals surface area contributed by atoms with Crippen molar-refractivity contribution in [1.82, 2.24) is 19.5 Å². The van der Waals surface area contributed by atoms with Gasteiger partial charge in [0, 0.05) is 54.0 Å². The number of nitrogen functional groups attached to an aromatic ring is 1. The Morgan fingerprint density at radius 1 is 0.955 bits per heavy atom. The molecule has 4 N–H and O–H groups in total. The molecule has 8 nitrogen and oxygen atoms in total. The lowest BCUT2D eigenvalue weighted by Gasteiger charge is -2.38. The van der Waals surface area contributed by atoms with E-state index in [2.05, 4.69) is 94.0 Å². The molecule has 4 heterocycles. The van der Waals surface area contributed by atoms with Gasteiger partial charge in [-0.1, -0.05) is 24.3 Å². The van der Waals surface area contributed by atoms with Crippen molar-refractivity contribution in [3.8, 4) is 28.3 Å². The van der Waals surface area contributed by atoms with Gasteiger partial charge < -0.3 is 16.4 Å². The quantitative estimate of drug-likeness (QED) is 0.204. The fourth-order valence-electron chi connectivity index (χ4n) is 6.73. The molecule has 8 heteroatoms. The van der Waals surface area contributed by atoms with E-state index in [0.29, 0.717) is 17.6 Å². The van der Waals surface area contributed by atoms with Crippen molar-refractivity contribution in [2.24, 2.45) is 16.6 Å². The van der Waals surface area contributed by atoms with E-state index < -0.39 is 0 Å². The van der Waals surface area contributed by atoms with Gasteiger partial charge in [0.25, 0.3) is 0 Å². The van der Waals surface area contributed by atoms with Crippen molar-refractivity contribution in [2.75, 3.05) is 30.3 Å². The minimum Gasteiger partial charge on any atom is -0.383 e.